The van der Waals surface area contributed by atoms with Gasteiger partial charge in [0.15, 0.2) is 0 Å². The zero-order valence-corrected chi connectivity index (χ0v) is 9.95. The van der Waals surface area contributed by atoms with Crippen LogP contribution >= 0.6 is 0 Å². The van der Waals surface area contributed by atoms with Crippen molar-refractivity contribution in [2.24, 2.45) is 0 Å². The molecule has 1 heterocycles. The molecule has 1 atom stereocenters. The minimum Gasteiger partial charge on any atom is -0.377 e. The Bertz CT molecular complexity index is 207. The van der Waals surface area contributed by atoms with Crippen LogP contribution in [0.2, 0.25) is 0 Å². The summed E-state index contributed by atoms with van der Waals surface area (Å²) in [6.07, 6.45) is 1.10. The first-order valence-corrected chi connectivity index (χ1v) is 5.72. The molecule has 4 heteroatoms. The van der Waals surface area contributed by atoms with Crippen molar-refractivity contribution in [3.63, 3.8) is 0 Å². The van der Waals surface area contributed by atoms with Crippen LogP contribution in [0.1, 0.15) is 27.2 Å². The number of rotatable bonds is 3. The molecule has 15 heavy (non-hydrogen) atoms. The van der Waals surface area contributed by atoms with E-state index >= 15 is 0 Å². The molecule has 0 saturated carbocycles. The fourth-order valence-corrected chi connectivity index (χ4v) is 1.62. The van der Waals surface area contributed by atoms with Gasteiger partial charge in [-0.25, -0.2) is 0 Å². The highest BCUT2D eigenvalue weighted by molar-refractivity contribution is 5.78. The van der Waals surface area contributed by atoms with Crippen molar-refractivity contribution in [2.75, 3.05) is 26.2 Å². The molecule has 1 amide bonds. The molecular weight excluding hydrogens is 192 g/mol. The molecule has 1 saturated heterocycles. The molecule has 1 aliphatic heterocycles. The average molecular weight is 214 g/mol. The van der Waals surface area contributed by atoms with Crippen molar-refractivity contribution in [3.05, 3.63) is 0 Å². The molecule has 1 aliphatic rings. The standard InChI is InChI=1S/C11H22N2O2/c1-9(2)12-7-11(14)13-5-4-6-15-10(3)8-13/h9-10,12H,4-8H2,1-3H3. The summed E-state index contributed by atoms with van der Waals surface area (Å²) in [6, 6.07) is 0.356. The van der Waals surface area contributed by atoms with Gasteiger partial charge in [0.05, 0.1) is 12.6 Å². The average Bonchev–Trinajstić information content (AvgIpc) is 2.39. The lowest BCUT2D eigenvalue weighted by atomic mass is 10.3. The Hall–Kier alpha value is -0.610. The summed E-state index contributed by atoms with van der Waals surface area (Å²) in [7, 11) is 0. The molecule has 0 bridgehead atoms. The number of carbonyl (C=O) groups excluding carboxylic acids is 1. The number of carbonyl (C=O) groups is 1. The summed E-state index contributed by atoms with van der Waals surface area (Å²) in [4.78, 5) is 13.7. The van der Waals surface area contributed by atoms with Crippen molar-refractivity contribution in [2.45, 2.75) is 39.3 Å². The molecule has 0 radical (unpaired) electrons. The minimum atomic E-state index is 0.162. The van der Waals surface area contributed by atoms with Gasteiger partial charge in [-0.1, -0.05) is 13.8 Å². The number of ether oxygens (including phenoxy) is 1. The van der Waals surface area contributed by atoms with Gasteiger partial charge in [0, 0.05) is 25.7 Å². The monoisotopic (exact) mass is 214 g/mol. The second-order valence-corrected chi connectivity index (χ2v) is 4.41. The van der Waals surface area contributed by atoms with E-state index in [2.05, 4.69) is 5.32 Å². The topological polar surface area (TPSA) is 41.6 Å². The smallest absolute Gasteiger partial charge is 0.236 e. The van der Waals surface area contributed by atoms with E-state index in [9.17, 15) is 4.79 Å². The second-order valence-electron chi connectivity index (χ2n) is 4.41. The third-order valence-electron chi connectivity index (χ3n) is 2.47. The van der Waals surface area contributed by atoms with Crippen LogP contribution in [0.25, 0.3) is 0 Å². The van der Waals surface area contributed by atoms with E-state index in [1.54, 1.807) is 0 Å². The van der Waals surface area contributed by atoms with E-state index in [1.165, 1.54) is 0 Å². The van der Waals surface area contributed by atoms with E-state index in [0.717, 1.165) is 26.1 Å². The lowest BCUT2D eigenvalue weighted by molar-refractivity contribution is -0.131. The van der Waals surface area contributed by atoms with Crippen molar-refractivity contribution in [1.82, 2.24) is 10.2 Å². The summed E-state index contributed by atoms with van der Waals surface area (Å²) in [5.41, 5.74) is 0. The van der Waals surface area contributed by atoms with Crippen LogP contribution in [0.4, 0.5) is 0 Å². The quantitative estimate of drug-likeness (QED) is 0.749. The molecule has 0 aromatic heterocycles. The highest BCUT2D eigenvalue weighted by atomic mass is 16.5. The van der Waals surface area contributed by atoms with Gasteiger partial charge in [-0.05, 0) is 13.3 Å². The molecule has 1 rings (SSSR count). The Morgan fingerprint density at radius 2 is 2.33 bits per heavy atom. The third-order valence-corrected chi connectivity index (χ3v) is 2.47. The molecule has 0 spiro atoms. The van der Waals surface area contributed by atoms with Crippen LogP contribution in [-0.4, -0.2) is 49.2 Å². The normalized spacial score (nSPS) is 22.9. The largest absolute Gasteiger partial charge is 0.377 e. The van der Waals surface area contributed by atoms with Gasteiger partial charge in [-0.15, -0.1) is 0 Å². The van der Waals surface area contributed by atoms with E-state index in [1.807, 2.05) is 25.7 Å². The molecule has 0 aromatic carbocycles. The molecule has 1 fully saturated rings. The second kappa shape index (κ2) is 6.08. The maximum Gasteiger partial charge on any atom is 0.236 e. The van der Waals surface area contributed by atoms with Crippen LogP contribution in [0.15, 0.2) is 0 Å². The molecule has 0 aliphatic carbocycles. The fourth-order valence-electron chi connectivity index (χ4n) is 1.62. The van der Waals surface area contributed by atoms with Gasteiger partial charge >= 0.3 is 0 Å². The first-order chi connectivity index (χ1) is 7.09. The van der Waals surface area contributed by atoms with Gasteiger partial charge in [-0.2, -0.15) is 0 Å². The highest BCUT2D eigenvalue weighted by Gasteiger charge is 2.19. The minimum absolute atomic E-state index is 0.162. The zero-order valence-electron chi connectivity index (χ0n) is 9.95. The summed E-state index contributed by atoms with van der Waals surface area (Å²) in [5, 5.41) is 3.15. The fraction of sp³-hybridized carbons (Fsp3) is 0.909. The first kappa shape index (κ1) is 12.5. The molecular formula is C11H22N2O2. The number of hydrogen-bond donors (Lipinski definition) is 1. The molecule has 0 aromatic rings. The summed E-state index contributed by atoms with van der Waals surface area (Å²) < 4.78 is 5.49. The number of amides is 1. The van der Waals surface area contributed by atoms with Gasteiger partial charge in [0.2, 0.25) is 5.91 Å². The van der Waals surface area contributed by atoms with Gasteiger partial charge in [-0.3, -0.25) is 4.79 Å². The SMILES string of the molecule is CC(C)NCC(=O)N1CCCOC(C)C1. The Labute approximate surface area is 92.0 Å². The summed E-state index contributed by atoms with van der Waals surface area (Å²) >= 11 is 0. The predicted molar refractivity (Wildman–Crippen MR) is 59.7 cm³/mol. The van der Waals surface area contributed by atoms with Crippen LogP contribution in [0.5, 0.6) is 0 Å². The predicted octanol–water partition coefficient (Wildman–Crippen LogP) is 0.622. The first-order valence-electron chi connectivity index (χ1n) is 5.72. The highest BCUT2D eigenvalue weighted by Crippen LogP contribution is 2.05. The molecule has 4 nitrogen and oxygen atoms in total. The molecule has 1 N–H and O–H groups in total. The number of nitrogens with zero attached hydrogens (tertiary/aromatic N) is 1. The lowest BCUT2D eigenvalue weighted by Gasteiger charge is -2.22. The molecule has 1 unspecified atom stereocenters. The Morgan fingerprint density at radius 3 is 3.00 bits per heavy atom. The van der Waals surface area contributed by atoms with Gasteiger partial charge < -0.3 is 15.0 Å². The van der Waals surface area contributed by atoms with Gasteiger partial charge in [0.1, 0.15) is 0 Å². The van der Waals surface area contributed by atoms with Crippen molar-refractivity contribution >= 4 is 5.91 Å². The van der Waals surface area contributed by atoms with E-state index in [0.29, 0.717) is 12.6 Å². The lowest BCUT2D eigenvalue weighted by Crippen LogP contribution is -2.42. The third kappa shape index (κ3) is 4.62. The van der Waals surface area contributed by atoms with E-state index in [-0.39, 0.29) is 12.0 Å². The zero-order chi connectivity index (χ0) is 11.3. The summed E-state index contributed by atoms with van der Waals surface area (Å²) in [6.45, 7) is 8.85. The van der Waals surface area contributed by atoms with Crippen molar-refractivity contribution < 1.29 is 9.53 Å². The van der Waals surface area contributed by atoms with Crippen molar-refractivity contribution in [3.8, 4) is 0 Å². The van der Waals surface area contributed by atoms with E-state index in [4.69, 9.17) is 4.74 Å². The van der Waals surface area contributed by atoms with Crippen molar-refractivity contribution in [1.29, 1.82) is 0 Å². The number of hydrogen-bond acceptors (Lipinski definition) is 3. The number of nitrogens with one attached hydrogen (secondary N) is 1. The maximum atomic E-state index is 11.8. The Kier molecular flexibility index (Phi) is 5.05. The Morgan fingerprint density at radius 1 is 1.60 bits per heavy atom. The van der Waals surface area contributed by atoms with Crippen LogP contribution < -0.4 is 5.32 Å². The van der Waals surface area contributed by atoms with Crippen LogP contribution in [0.3, 0.4) is 0 Å². The maximum absolute atomic E-state index is 11.8. The van der Waals surface area contributed by atoms with Crippen LogP contribution in [-0.2, 0) is 9.53 Å². The van der Waals surface area contributed by atoms with E-state index < -0.39 is 0 Å². The summed E-state index contributed by atoms with van der Waals surface area (Å²) in [5.74, 6) is 0.182. The van der Waals surface area contributed by atoms with Gasteiger partial charge in [0.25, 0.3) is 0 Å². The van der Waals surface area contributed by atoms with Crippen LogP contribution in [0, 0.1) is 0 Å². The molecule has 88 valence electrons. The Balaban J connectivity index is 2.36.